The zero-order valence-corrected chi connectivity index (χ0v) is 15.9. The highest BCUT2D eigenvalue weighted by molar-refractivity contribution is 6.04. The first-order chi connectivity index (χ1) is 13.7. The first-order valence-electron chi connectivity index (χ1n) is 9.63. The van der Waals surface area contributed by atoms with Crippen LogP contribution in [0, 0.1) is 0 Å². The first kappa shape index (κ1) is 18.2. The van der Waals surface area contributed by atoms with Crippen molar-refractivity contribution in [2.24, 2.45) is 0 Å². The highest BCUT2D eigenvalue weighted by Gasteiger charge is 2.16. The van der Waals surface area contributed by atoms with E-state index in [1.165, 1.54) is 11.1 Å². The molecule has 4 rings (SSSR count). The van der Waals surface area contributed by atoms with Crippen LogP contribution in [-0.4, -0.2) is 23.9 Å². The maximum atomic E-state index is 12.3. The zero-order chi connectivity index (χ0) is 19.3. The largest absolute Gasteiger partial charge is 0.322 e. The van der Waals surface area contributed by atoms with E-state index in [0.717, 1.165) is 42.9 Å². The van der Waals surface area contributed by atoms with Crippen LogP contribution in [0.5, 0.6) is 0 Å². The van der Waals surface area contributed by atoms with Crippen molar-refractivity contribution in [1.82, 2.24) is 4.90 Å². The van der Waals surface area contributed by atoms with Gasteiger partial charge in [0.2, 0.25) is 0 Å². The SMILES string of the molecule is C=C(CN1CCc2ccccc2C1)c1ccc(NC(=O)c2ccccc2)cc1. The smallest absolute Gasteiger partial charge is 0.255 e. The van der Waals surface area contributed by atoms with Crippen LogP contribution in [0.3, 0.4) is 0 Å². The highest BCUT2D eigenvalue weighted by atomic mass is 16.1. The Morgan fingerprint density at radius 3 is 2.29 bits per heavy atom. The molecule has 0 saturated heterocycles. The summed E-state index contributed by atoms with van der Waals surface area (Å²) in [4.78, 5) is 14.7. The van der Waals surface area contributed by atoms with E-state index in [1.54, 1.807) is 0 Å². The minimum atomic E-state index is -0.0980. The Balaban J connectivity index is 1.36. The number of benzene rings is 3. The van der Waals surface area contributed by atoms with Gasteiger partial charge in [-0.25, -0.2) is 0 Å². The lowest BCUT2D eigenvalue weighted by Crippen LogP contribution is -2.31. The molecule has 0 aromatic heterocycles. The number of carbonyl (C=O) groups excluding carboxylic acids is 1. The Hall–Kier alpha value is -3.17. The summed E-state index contributed by atoms with van der Waals surface area (Å²) in [5.41, 5.74) is 6.53. The molecule has 1 aliphatic heterocycles. The van der Waals surface area contributed by atoms with Crippen molar-refractivity contribution in [3.8, 4) is 0 Å². The molecule has 1 heterocycles. The summed E-state index contributed by atoms with van der Waals surface area (Å²) in [5, 5.41) is 2.94. The fraction of sp³-hybridized carbons (Fsp3) is 0.160. The number of carbonyl (C=O) groups is 1. The van der Waals surface area contributed by atoms with Gasteiger partial charge in [-0.15, -0.1) is 0 Å². The fourth-order valence-corrected chi connectivity index (χ4v) is 3.63. The molecule has 0 unspecified atom stereocenters. The minimum absolute atomic E-state index is 0.0980. The van der Waals surface area contributed by atoms with Gasteiger partial charge in [-0.1, -0.05) is 61.2 Å². The molecule has 3 nitrogen and oxygen atoms in total. The van der Waals surface area contributed by atoms with Gasteiger partial charge in [0.05, 0.1) is 0 Å². The van der Waals surface area contributed by atoms with Crippen molar-refractivity contribution in [2.75, 3.05) is 18.4 Å². The van der Waals surface area contributed by atoms with Gasteiger partial charge in [-0.2, -0.15) is 0 Å². The number of nitrogens with one attached hydrogen (secondary N) is 1. The van der Waals surface area contributed by atoms with E-state index in [4.69, 9.17) is 0 Å². The molecule has 3 heteroatoms. The molecule has 0 saturated carbocycles. The molecule has 0 fully saturated rings. The molecule has 1 amide bonds. The van der Waals surface area contributed by atoms with Crippen molar-refractivity contribution in [3.63, 3.8) is 0 Å². The van der Waals surface area contributed by atoms with Gasteiger partial charge in [0.15, 0.2) is 0 Å². The quantitative estimate of drug-likeness (QED) is 0.686. The second kappa shape index (κ2) is 8.24. The predicted molar refractivity (Wildman–Crippen MR) is 115 cm³/mol. The molecular weight excluding hydrogens is 344 g/mol. The Morgan fingerprint density at radius 1 is 0.857 bits per heavy atom. The van der Waals surface area contributed by atoms with Gasteiger partial charge in [0.25, 0.3) is 5.91 Å². The number of nitrogens with zero attached hydrogens (tertiary/aromatic N) is 1. The third-order valence-corrected chi connectivity index (χ3v) is 5.21. The van der Waals surface area contributed by atoms with E-state index < -0.39 is 0 Å². The van der Waals surface area contributed by atoms with Gasteiger partial charge in [0, 0.05) is 30.9 Å². The van der Waals surface area contributed by atoms with Gasteiger partial charge in [0.1, 0.15) is 0 Å². The molecule has 28 heavy (non-hydrogen) atoms. The molecule has 3 aromatic rings. The normalized spacial score (nSPS) is 13.6. The Bertz CT molecular complexity index is 977. The van der Waals surface area contributed by atoms with Crippen LogP contribution < -0.4 is 5.32 Å². The summed E-state index contributed by atoms with van der Waals surface area (Å²) >= 11 is 0. The maximum absolute atomic E-state index is 12.3. The average molecular weight is 368 g/mol. The van der Waals surface area contributed by atoms with E-state index in [0.29, 0.717) is 5.56 Å². The standard InChI is InChI=1S/C25H24N2O/c1-19(17-27-16-15-21-7-5-6-10-23(21)18-27)20-11-13-24(14-12-20)26-25(28)22-8-3-2-4-9-22/h2-14H,1,15-18H2,(H,26,28). The van der Waals surface area contributed by atoms with Gasteiger partial charge < -0.3 is 5.32 Å². The minimum Gasteiger partial charge on any atom is -0.322 e. The van der Waals surface area contributed by atoms with Crippen LogP contribution in [-0.2, 0) is 13.0 Å². The fourth-order valence-electron chi connectivity index (χ4n) is 3.63. The summed E-state index contributed by atoms with van der Waals surface area (Å²) in [6.07, 6.45) is 1.09. The van der Waals surface area contributed by atoms with Gasteiger partial charge >= 0.3 is 0 Å². The molecule has 1 N–H and O–H groups in total. The average Bonchev–Trinajstić information content (AvgIpc) is 2.75. The second-order valence-electron chi connectivity index (χ2n) is 7.23. The van der Waals surface area contributed by atoms with Gasteiger partial charge in [-0.05, 0) is 52.9 Å². The lowest BCUT2D eigenvalue weighted by atomic mass is 9.98. The number of hydrogen-bond acceptors (Lipinski definition) is 2. The Kier molecular flexibility index (Phi) is 5.36. The molecule has 0 aliphatic carbocycles. The number of amides is 1. The molecule has 140 valence electrons. The van der Waals surface area contributed by atoms with Crippen LogP contribution in [0.1, 0.15) is 27.0 Å². The van der Waals surface area contributed by atoms with E-state index in [1.807, 2.05) is 54.6 Å². The van der Waals surface area contributed by atoms with E-state index in [9.17, 15) is 4.79 Å². The van der Waals surface area contributed by atoms with Crippen molar-refractivity contribution >= 4 is 17.2 Å². The van der Waals surface area contributed by atoms with Crippen LogP contribution >= 0.6 is 0 Å². The van der Waals surface area contributed by atoms with E-state index in [2.05, 4.69) is 41.1 Å². The second-order valence-corrected chi connectivity index (χ2v) is 7.23. The lowest BCUT2D eigenvalue weighted by Gasteiger charge is -2.29. The Morgan fingerprint density at radius 2 is 1.54 bits per heavy atom. The first-order valence-corrected chi connectivity index (χ1v) is 9.63. The summed E-state index contributed by atoms with van der Waals surface area (Å²) in [6, 6.07) is 25.8. The number of anilines is 1. The Labute approximate surface area is 166 Å². The van der Waals surface area contributed by atoms with Gasteiger partial charge in [-0.3, -0.25) is 9.69 Å². The predicted octanol–water partition coefficient (Wildman–Crippen LogP) is 5.01. The number of hydrogen-bond donors (Lipinski definition) is 1. The van der Waals surface area contributed by atoms with Crippen LogP contribution in [0.15, 0.2) is 85.4 Å². The van der Waals surface area contributed by atoms with Crippen molar-refractivity contribution in [1.29, 1.82) is 0 Å². The zero-order valence-electron chi connectivity index (χ0n) is 15.9. The molecule has 0 spiro atoms. The third kappa shape index (κ3) is 4.21. The lowest BCUT2D eigenvalue weighted by molar-refractivity contribution is 0.102. The van der Waals surface area contributed by atoms with Crippen LogP contribution in [0.2, 0.25) is 0 Å². The van der Waals surface area contributed by atoms with Crippen molar-refractivity contribution in [2.45, 2.75) is 13.0 Å². The highest BCUT2D eigenvalue weighted by Crippen LogP contribution is 2.22. The van der Waals surface area contributed by atoms with E-state index in [-0.39, 0.29) is 5.91 Å². The maximum Gasteiger partial charge on any atom is 0.255 e. The van der Waals surface area contributed by atoms with Crippen LogP contribution in [0.4, 0.5) is 5.69 Å². The molecule has 0 atom stereocenters. The third-order valence-electron chi connectivity index (χ3n) is 5.21. The number of rotatable bonds is 5. The van der Waals surface area contributed by atoms with Crippen molar-refractivity contribution < 1.29 is 4.79 Å². The topological polar surface area (TPSA) is 32.3 Å². The van der Waals surface area contributed by atoms with Crippen molar-refractivity contribution in [3.05, 3.63) is 108 Å². The molecule has 0 bridgehead atoms. The van der Waals surface area contributed by atoms with E-state index >= 15 is 0 Å². The molecule has 0 radical (unpaired) electrons. The monoisotopic (exact) mass is 368 g/mol. The summed E-state index contributed by atoms with van der Waals surface area (Å²) in [6.45, 7) is 7.16. The summed E-state index contributed by atoms with van der Waals surface area (Å²) < 4.78 is 0. The molecular formula is C25H24N2O. The number of fused-ring (bicyclic) bond motifs is 1. The summed E-state index contributed by atoms with van der Waals surface area (Å²) in [7, 11) is 0. The molecule has 3 aromatic carbocycles. The molecule has 1 aliphatic rings. The summed E-state index contributed by atoms with van der Waals surface area (Å²) in [5.74, 6) is -0.0980. The van der Waals surface area contributed by atoms with Crippen LogP contribution in [0.25, 0.3) is 5.57 Å².